The highest BCUT2D eigenvalue weighted by molar-refractivity contribution is 7.14. The van der Waals surface area contributed by atoms with Gasteiger partial charge in [0.1, 0.15) is 6.04 Å². The molecule has 4 aliphatic rings. The minimum Gasteiger partial charge on any atom is -0.376 e. The number of amides is 2. The van der Waals surface area contributed by atoms with Crippen LogP contribution in [0.3, 0.4) is 0 Å². The van der Waals surface area contributed by atoms with Crippen molar-refractivity contribution in [1.82, 2.24) is 15.6 Å². The zero-order valence-electron chi connectivity index (χ0n) is 20.5. The second-order valence-electron chi connectivity index (χ2n) is 10.8. The van der Waals surface area contributed by atoms with E-state index in [1.807, 2.05) is 25.1 Å². The summed E-state index contributed by atoms with van der Waals surface area (Å²) in [5, 5.41) is 10.3. The van der Waals surface area contributed by atoms with Crippen LogP contribution in [0.5, 0.6) is 0 Å². The maximum absolute atomic E-state index is 13.3. The lowest BCUT2D eigenvalue weighted by molar-refractivity contribution is -0.124. The van der Waals surface area contributed by atoms with Gasteiger partial charge in [0, 0.05) is 17.1 Å². The quantitative estimate of drug-likeness (QED) is 0.382. The number of carbonyl (C=O) groups excluding carboxylic acids is 2. The third kappa shape index (κ3) is 5.83. The van der Waals surface area contributed by atoms with Gasteiger partial charge in [0.05, 0.1) is 27.3 Å². The van der Waals surface area contributed by atoms with Crippen LogP contribution in [0.25, 0.3) is 0 Å². The molecular formula is C27H35ClN4O2S. The number of anilines is 1. The fraction of sp³-hybridized carbons (Fsp3) is 0.593. The number of pyridine rings is 1. The Bertz CT molecular complexity index is 1080. The van der Waals surface area contributed by atoms with E-state index in [9.17, 15) is 9.59 Å². The van der Waals surface area contributed by atoms with Gasteiger partial charge in [-0.15, -0.1) is 11.3 Å². The predicted octanol–water partition coefficient (Wildman–Crippen LogP) is 6.02. The van der Waals surface area contributed by atoms with Crippen LogP contribution in [-0.2, 0) is 4.79 Å². The molecule has 2 amide bonds. The number of fused-ring (bicyclic) bond motifs is 3. The summed E-state index contributed by atoms with van der Waals surface area (Å²) in [4.78, 5) is 32.4. The third-order valence-electron chi connectivity index (χ3n) is 8.13. The van der Waals surface area contributed by atoms with Gasteiger partial charge < -0.3 is 16.0 Å². The van der Waals surface area contributed by atoms with Gasteiger partial charge in [-0.2, -0.15) is 0 Å². The molecule has 2 atom stereocenters. The Morgan fingerprint density at radius 3 is 2.57 bits per heavy atom. The van der Waals surface area contributed by atoms with Crippen molar-refractivity contribution in [3.8, 4) is 0 Å². The van der Waals surface area contributed by atoms with Crippen LogP contribution in [0.2, 0.25) is 5.02 Å². The number of rotatable bonds is 9. The Morgan fingerprint density at radius 2 is 1.89 bits per heavy atom. The van der Waals surface area contributed by atoms with E-state index in [4.69, 9.17) is 11.6 Å². The van der Waals surface area contributed by atoms with Crippen LogP contribution in [0, 0.1) is 18.3 Å². The van der Waals surface area contributed by atoms with Crippen molar-refractivity contribution in [1.29, 1.82) is 0 Å². The number of aryl methyl sites for hydroxylation is 1. The first kappa shape index (κ1) is 24.6. The first-order valence-corrected chi connectivity index (χ1v) is 14.1. The van der Waals surface area contributed by atoms with Crippen LogP contribution < -0.4 is 16.0 Å². The molecule has 6 rings (SSSR count). The number of hydrogen-bond donors (Lipinski definition) is 3. The van der Waals surface area contributed by atoms with E-state index in [0.29, 0.717) is 9.90 Å². The van der Waals surface area contributed by atoms with Crippen LogP contribution >= 0.6 is 22.9 Å². The normalized spacial score (nSPS) is 25.1. The Labute approximate surface area is 216 Å². The second kappa shape index (κ2) is 10.1. The molecule has 35 heavy (non-hydrogen) atoms. The van der Waals surface area contributed by atoms with Crippen molar-refractivity contribution in [2.45, 2.75) is 89.8 Å². The maximum atomic E-state index is 13.3. The molecule has 8 heteroatoms. The molecule has 0 saturated heterocycles. The number of nitrogens with one attached hydrogen (secondary N) is 3. The van der Waals surface area contributed by atoms with Crippen LogP contribution in [0.4, 0.5) is 5.69 Å². The molecule has 6 nitrogen and oxygen atoms in total. The summed E-state index contributed by atoms with van der Waals surface area (Å²) in [6.07, 6.45) is 11.8. The molecule has 0 radical (unpaired) electrons. The summed E-state index contributed by atoms with van der Waals surface area (Å²) >= 11 is 7.57. The van der Waals surface area contributed by atoms with Gasteiger partial charge in [0.2, 0.25) is 5.91 Å². The van der Waals surface area contributed by atoms with Crippen molar-refractivity contribution in [2.24, 2.45) is 11.3 Å². The smallest absolute Gasteiger partial charge is 0.262 e. The number of halogens is 1. The number of thiophene rings is 1. The molecule has 4 fully saturated rings. The van der Waals surface area contributed by atoms with Crippen molar-refractivity contribution in [3.05, 3.63) is 44.9 Å². The van der Waals surface area contributed by atoms with E-state index in [0.717, 1.165) is 41.4 Å². The summed E-state index contributed by atoms with van der Waals surface area (Å²) < 4.78 is 0. The van der Waals surface area contributed by atoms with Crippen molar-refractivity contribution in [3.63, 3.8) is 0 Å². The highest BCUT2D eigenvalue weighted by Crippen LogP contribution is 2.52. The summed E-state index contributed by atoms with van der Waals surface area (Å²) in [6, 6.07) is 5.50. The van der Waals surface area contributed by atoms with Gasteiger partial charge in [-0.05, 0) is 101 Å². The molecule has 2 aromatic rings. The van der Waals surface area contributed by atoms with Crippen molar-refractivity contribution < 1.29 is 9.59 Å². The molecule has 0 aromatic carbocycles. The molecule has 2 aromatic heterocycles. The molecular weight excluding hydrogens is 480 g/mol. The zero-order chi connectivity index (χ0) is 24.6. The van der Waals surface area contributed by atoms with E-state index < -0.39 is 6.04 Å². The van der Waals surface area contributed by atoms with E-state index in [-0.39, 0.29) is 29.3 Å². The molecule has 4 aliphatic carbocycles. The standard InChI is InChI=1S/C27H35ClN4O2S/c1-16-21(13-19(28)15-29-16)30-17(2)23-5-6-24(35-23)26(34)32-22(25(33)31-20-3-4-20)14-27-10-7-18(8-11-27)9-12-27/h5-6,13,15,17-18,20,22,30H,3-4,7-12,14H2,1-2H3,(H,31,33)(H,32,34)/t17-,18?,22-,27?/m0/s1. The molecule has 3 N–H and O–H groups in total. The highest BCUT2D eigenvalue weighted by atomic mass is 35.5. The molecule has 4 saturated carbocycles. The molecule has 2 heterocycles. The minimum absolute atomic E-state index is 0.00853. The minimum atomic E-state index is -0.473. The van der Waals surface area contributed by atoms with Crippen LogP contribution in [0.15, 0.2) is 24.4 Å². The second-order valence-corrected chi connectivity index (χ2v) is 12.4. The summed E-state index contributed by atoms with van der Waals surface area (Å²) in [7, 11) is 0. The number of hydrogen-bond acceptors (Lipinski definition) is 5. The van der Waals surface area contributed by atoms with Gasteiger partial charge in [-0.3, -0.25) is 14.6 Å². The third-order valence-corrected chi connectivity index (χ3v) is 9.61. The number of nitrogens with zero attached hydrogens (tertiary/aromatic N) is 1. The van der Waals surface area contributed by atoms with Crippen molar-refractivity contribution in [2.75, 3.05) is 5.32 Å². The first-order valence-electron chi connectivity index (χ1n) is 12.9. The summed E-state index contributed by atoms with van der Waals surface area (Å²) in [5.74, 6) is 0.696. The van der Waals surface area contributed by atoms with Gasteiger partial charge in [-0.1, -0.05) is 11.6 Å². The van der Waals surface area contributed by atoms with Gasteiger partial charge in [-0.25, -0.2) is 0 Å². The fourth-order valence-corrected chi connectivity index (χ4v) is 6.78. The molecule has 2 bridgehead atoms. The lowest BCUT2D eigenvalue weighted by Crippen LogP contribution is -2.51. The Hall–Kier alpha value is -2.12. The van der Waals surface area contributed by atoms with Gasteiger partial charge >= 0.3 is 0 Å². The van der Waals surface area contributed by atoms with Crippen LogP contribution in [-0.4, -0.2) is 28.9 Å². The Balaban J connectivity index is 1.26. The lowest BCUT2D eigenvalue weighted by Gasteiger charge is -2.48. The summed E-state index contributed by atoms with van der Waals surface area (Å²) in [6.45, 7) is 3.99. The van der Waals surface area contributed by atoms with E-state index in [2.05, 4.69) is 27.9 Å². The fourth-order valence-electron chi connectivity index (χ4n) is 5.71. The average molecular weight is 515 g/mol. The Morgan fingerprint density at radius 1 is 1.17 bits per heavy atom. The SMILES string of the molecule is Cc1ncc(Cl)cc1N[C@@H](C)c1ccc(C(=O)N[C@@H](CC23CCC(CC2)CC3)C(=O)NC2CC2)s1. The zero-order valence-corrected chi connectivity index (χ0v) is 22.1. The predicted molar refractivity (Wildman–Crippen MR) is 141 cm³/mol. The molecule has 0 spiro atoms. The summed E-state index contributed by atoms with van der Waals surface area (Å²) in [5.41, 5.74) is 1.95. The van der Waals surface area contributed by atoms with E-state index >= 15 is 0 Å². The maximum Gasteiger partial charge on any atom is 0.262 e. The monoisotopic (exact) mass is 514 g/mol. The molecule has 0 unspecified atom stereocenters. The first-order chi connectivity index (χ1) is 16.8. The molecule has 188 valence electrons. The largest absolute Gasteiger partial charge is 0.376 e. The number of carbonyl (C=O) groups is 2. The lowest BCUT2D eigenvalue weighted by atomic mass is 9.58. The van der Waals surface area contributed by atoms with Gasteiger partial charge in [0.25, 0.3) is 5.91 Å². The van der Waals surface area contributed by atoms with E-state index in [1.165, 1.54) is 49.9 Å². The van der Waals surface area contributed by atoms with Gasteiger partial charge in [0.15, 0.2) is 0 Å². The average Bonchev–Trinajstić information content (AvgIpc) is 3.52. The van der Waals surface area contributed by atoms with E-state index in [1.54, 1.807) is 6.20 Å². The highest BCUT2D eigenvalue weighted by Gasteiger charge is 2.43. The van der Waals surface area contributed by atoms with Crippen molar-refractivity contribution >= 4 is 40.4 Å². The Kier molecular flexibility index (Phi) is 7.09. The molecule has 0 aliphatic heterocycles. The topological polar surface area (TPSA) is 83.1 Å². The number of aromatic nitrogens is 1. The van der Waals surface area contributed by atoms with Crippen LogP contribution in [0.1, 0.15) is 91.0 Å².